The number of allylic oxidation sites excluding steroid dienone is 3. The van der Waals surface area contributed by atoms with Crippen molar-refractivity contribution in [3.8, 4) is 0 Å². The van der Waals surface area contributed by atoms with Gasteiger partial charge in [0, 0.05) is 13.1 Å². The van der Waals surface area contributed by atoms with Crippen molar-refractivity contribution >= 4 is 0 Å². The summed E-state index contributed by atoms with van der Waals surface area (Å²) >= 11 is 0. The van der Waals surface area contributed by atoms with Crippen molar-refractivity contribution in [1.29, 1.82) is 0 Å². The minimum atomic E-state index is -5.38. The van der Waals surface area contributed by atoms with E-state index in [2.05, 4.69) is 23.5 Å². The summed E-state index contributed by atoms with van der Waals surface area (Å²) in [5.74, 6) is -0.360. The van der Waals surface area contributed by atoms with Gasteiger partial charge in [0.25, 0.3) is 0 Å². The van der Waals surface area contributed by atoms with Gasteiger partial charge < -0.3 is 5.32 Å². The molecule has 0 saturated heterocycles. The Labute approximate surface area is 186 Å². The van der Waals surface area contributed by atoms with Crippen molar-refractivity contribution in [2.45, 2.75) is 77.7 Å². The van der Waals surface area contributed by atoms with Crippen LogP contribution in [0, 0.1) is 11.3 Å². The van der Waals surface area contributed by atoms with Crippen molar-refractivity contribution < 1.29 is 26.3 Å². The van der Waals surface area contributed by atoms with Gasteiger partial charge >= 0.3 is 12.4 Å². The number of benzene rings is 1. The highest BCUT2D eigenvalue weighted by molar-refractivity contribution is 5.47. The second kappa shape index (κ2) is 9.62. The zero-order chi connectivity index (χ0) is 23.6. The lowest BCUT2D eigenvalue weighted by Crippen LogP contribution is -2.57. The van der Waals surface area contributed by atoms with Gasteiger partial charge in [0.15, 0.2) is 5.41 Å². The smallest absolute Gasteiger partial charge is 0.312 e. The van der Waals surface area contributed by atoms with E-state index in [1.165, 1.54) is 37.0 Å². The lowest BCUT2D eigenvalue weighted by molar-refractivity contribution is -0.332. The molecule has 0 radical (unpaired) electrons. The molecule has 1 unspecified atom stereocenters. The van der Waals surface area contributed by atoms with Crippen LogP contribution in [0.25, 0.3) is 0 Å². The van der Waals surface area contributed by atoms with E-state index in [1.54, 1.807) is 0 Å². The third-order valence-electron chi connectivity index (χ3n) is 6.83. The van der Waals surface area contributed by atoms with Crippen LogP contribution in [0.2, 0.25) is 0 Å². The van der Waals surface area contributed by atoms with Crippen molar-refractivity contribution in [2.75, 3.05) is 6.54 Å². The highest BCUT2D eigenvalue weighted by Gasteiger charge is 2.76. The van der Waals surface area contributed by atoms with Crippen LogP contribution in [-0.2, 0) is 19.4 Å². The Morgan fingerprint density at radius 3 is 2.28 bits per heavy atom. The lowest BCUT2D eigenvalue weighted by atomic mass is 9.59. The first-order valence-electron chi connectivity index (χ1n) is 11.4. The first-order valence-corrected chi connectivity index (χ1v) is 11.4. The molecule has 178 valence electrons. The summed E-state index contributed by atoms with van der Waals surface area (Å²) in [6.45, 7) is 4.24. The number of alkyl halides is 6. The molecule has 1 atom stereocenters. The maximum Gasteiger partial charge on any atom is 0.407 e. The Morgan fingerprint density at radius 2 is 1.69 bits per heavy atom. The van der Waals surface area contributed by atoms with E-state index in [9.17, 15) is 26.3 Å². The molecule has 0 heterocycles. The molecule has 0 bridgehead atoms. The van der Waals surface area contributed by atoms with Gasteiger partial charge in [-0.3, -0.25) is 0 Å². The Hall–Kier alpha value is -1.76. The van der Waals surface area contributed by atoms with Crippen LogP contribution in [0.15, 0.2) is 41.5 Å². The molecule has 0 spiro atoms. The molecule has 0 aliphatic heterocycles. The number of nitrogens with one attached hydrogen (secondary N) is 1. The summed E-state index contributed by atoms with van der Waals surface area (Å²) in [4.78, 5) is 0. The van der Waals surface area contributed by atoms with E-state index in [0.717, 1.165) is 24.5 Å². The number of halogens is 6. The molecule has 32 heavy (non-hydrogen) atoms. The Balaban J connectivity index is 1.79. The molecule has 3 rings (SSSR count). The number of hydrogen-bond acceptors (Lipinski definition) is 1. The maximum atomic E-state index is 13.7. The van der Waals surface area contributed by atoms with E-state index < -0.39 is 29.8 Å². The fraction of sp³-hybridized carbons (Fsp3) is 0.600. The number of rotatable bonds is 8. The molecule has 0 fully saturated rings. The Kier molecular flexibility index (Phi) is 7.48. The zero-order valence-electron chi connectivity index (χ0n) is 18.6. The third-order valence-corrected chi connectivity index (χ3v) is 6.83. The summed E-state index contributed by atoms with van der Waals surface area (Å²) in [5, 5.41) is 3.29. The van der Waals surface area contributed by atoms with Crippen LogP contribution in [0.5, 0.6) is 0 Å². The quantitative estimate of drug-likeness (QED) is 0.398. The molecule has 1 nitrogen and oxygen atoms in total. The highest BCUT2D eigenvalue weighted by atomic mass is 19.4. The average Bonchev–Trinajstić information content (AvgIpc) is 2.69. The topological polar surface area (TPSA) is 12.0 Å². The van der Waals surface area contributed by atoms with Crippen LogP contribution < -0.4 is 5.32 Å². The summed E-state index contributed by atoms with van der Waals surface area (Å²) in [7, 11) is 0. The van der Waals surface area contributed by atoms with Crippen LogP contribution in [0.3, 0.4) is 0 Å². The van der Waals surface area contributed by atoms with Gasteiger partial charge in [0.2, 0.25) is 0 Å². The first kappa shape index (κ1) is 24.9. The van der Waals surface area contributed by atoms with Crippen molar-refractivity contribution in [1.82, 2.24) is 5.32 Å². The van der Waals surface area contributed by atoms with Gasteiger partial charge in [-0.25, -0.2) is 0 Å². The van der Waals surface area contributed by atoms with Crippen LogP contribution in [-0.4, -0.2) is 18.9 Å². The van der Waals surface area contributed by atoms with Gasteiger partial charge in [-0.2, -0.15) is 26.3 Å². The molecular formula is C25H31F6N. The summed E-state index contributed by atoms with van der Waals surface area (Å²) < 4.78 is 81.9. The van der Waals surface area contributed by atoms with Gasteiger partial charge in [0.05, 0.1) is 0 Å². The maximum absolute atomic E-state index is 13.7. The Morgan fingerprint density at radius 1 is 1.03 bits per heavy atom. The number of hydrogen-bond donors (Lipinski definition) is 1. The van der Waals surface area contributed by atoms with Crippen LogP contribution >= 0.6 is 0 Å². The fourth-order valence-corrected chi connectivity index (χ4v) is 5.13. The van der Waals surface area contributed by atoms with Gasteiger partial charge in [-0.15, -0.1) is 0 Å². The summed E-state index contributed by atoms with van der Waals surface area (Å²) in [6, 6.07) is 6.36. The van der Waals surface area contributed by atoms with E-state index in [-0.39, 0.29) is 11.5 Å². The van der Waals surface area contributed by atoms with Gasteiger partial charge in [0.1, 0.15) is 0 Å². The Bertz CT molecular complexity index is 848. The largest absolute Gasteiger partial charge is 0.407 e. The van der Waals surface area contributed by atoms with Crippen LogP contribution in [0.4, 0.5) is 26.3 Å². The van der Waals surface area contributed by atoms with Crippen molar-refractivity contribution in [3.05, 3.63) is 58.2 Å². The molecule has 2 aliphatic carbocycles. The van der Waals surface area contributed by atoms with Gasteiger partial charge in [-0.05, 0) is 73.6 Å². The highest BCUT2D eigenvalue weighted by Crippen LogP contribution is 2.66. The second-order valence-corrected chi connectivity index (χ2v) is 8.94. The molecule has 1 aromatic carbocycles. The predicted octanol–water partition coefficient (Wildman–Crippen LogP) is 7.46. The van der Waals surface area contributed by atoms with Crippen LogP contribution in [0.1, 0.15) is 62.6 Å². The van der Waals surface area contributed by atoms with E-state index >= 15 is 0 Å². The van der Waals surface area contributed by atoms with Crippen molar-refractivity contribution in [2.24, 2.45) is 11.3 Å². The predicted molar refractivity (Wildman–Crippen MR) is 114 cm³/mol. The zero-order valence-corrected chi connectivity index (χ0v) is 18.6. The lowest BCUT2D eigenvalue weighted by Gasteiger charge is -2.49. The SMILES string of the molecule is C/C=C\C1=C(C(CCC)CNCc2ccc3c(c2)CCCC3)CC1(C(F)(F)F)C(F)(F)F. The minimum absolute atomic E-state index is 0.276. The molecule has 1 aromatic rings. The molecular weight excluding hydrogens is 428 g/mol. The van der Waals surface area contributed by atoms with E-state index in [4.69, 9.17) is 0 Å². The first-order chi connectivity index (χ1) is 15.0. The minimum Gasteiger partial charge on any atom is -0.312 e. The van der Waals surface area contributed by atoms with Crippen molar-refractivity contribution in [3.63, 3.8) is 0 Å². The third kappa shape index (κ3) is 4.63. The van der Waals surface area contributed by atoms with E-state index in [0.29, 0.717) is 25.9 Å². The molecule has 1 N–H and O–H groups in total. The monoisotopic (exact) mass is 459 g/mol. The number of aryl methyl sites for hydroxylation is 2. The molecule has 7 heteroatoms. The molecule has 0 amide bonds. The molecule has 0 aromatic heterocycles. The average molecular weight is 460 g/mol. The summed E-state index contributed by atoms with van der Waals surface area (Å²) in [5.41, 5.74) is -0.288. The number of fused-ring (bicyclic) bond motifs is 1. The summed E-state index contributed by atoms with van der Waals surface area (Å²) in [6.07, 6.45) is -3.76. The normalized spacial score (nSPS) is 19.8. The molecule has 0 saturated carbocycles. The second-order valence-electron chi connectivity index (χ2n) is 8.94. The van der Waals surface area contributed by atoms with E-state index in [1.807, 2.05) is 6.92 Å². The standard InChI is InChI=1S/C25H31F6N/c1-3-7-20(16-32-15-17-11-12-18-9-5-6-10-19(18)13-17)21-14-23(24(26,27)28,25(29,30)31)22(21)8-4-2/h4,8,11-13,20,32H,3,5-7,9-10,14-16H2,1-2H3/b8-4-. The van der Waals surface area contributed by atoms with Gasteiger partial charge in [-0.1, -0.05) is 49.3 Å². The molecule has 2 aliphatic rings. The fourth-order valence-electron chi connectivity index (χ4n) is 5.13.